The molecule has 0 saturated carbocycles. The topological polar surface area (TPSA) is 111 Å². The zero-order valence-corrected chi connectivity index (χ0v) is 14.7. The predicted molar refractivity (Wildman–Crippen MR) is 97.5 cm³/mol. The highest BCUT2D eigenvalue weighted by Gasteiger charge is 2.12. The number of hydrogen-bond acceptors (Lipinski definition) is 6. The van der Waals surface area contributed by atoms with Crippen LogP contribution in [0.4, 0.5) is 17.1 Å². The van der Waals surface area contributed by atoms with E-state index in [1.807, 2.05) is 0 Å². The van der Waals surface area contributed by atoms with E-state index in [4.69, 9.17) is 0 Å². The Hall–Kier alpha value is -3.42. The van der Waals surface area contributed by atoms with Gasteiger partial charge < -0.3 is 15.4 Å². The van der Waals surface area contributed by atoms with Crippen LogP contribution in [0.5, 0.6) is 0 Å². The van der Waals surface area contributed by atoms with E-state index in [2.05, 4.69) is 15.4 Å². The summed E-state index contributed by atoms with van der Waals surface area (Å²) in [5.41, 5.74) is 2.93. The molecule has 0 radical (unpaired) electrons. The zero-order valence-electron chi connectivity index (χ0n) is 14.7. The first kappa shape index (κ1) is 18.9. The van der Waals surface area contributed by atoms with Crippen molar-refractivity contribution in [2.24, 2.45) is 0 Å². The summed E-state index contributed by atoms with van der Waals surface area (Å²) < 4.78 is 4.66. The molecule has 136 valence electrons. The summed E-state index contributed by atoms with van der Waals surface area (Å²) in [4.78, 5) is 34.0. The average Bonchev–Trinajstić information content (AvgIpc) is 2.61. The van der Waals surface area contributed by atoms with E-state index in [0.717, 1.165) is 11.1 Å². The third-order valence-electron chi connectivity index (χ3n) is 3.79. The number of carbonyl (C=O) groups is 2. The fourth-order valence-corrected chi connectivity index (χ4v) is 2.33. The Balaban J connectivity index is 2.02. The largest absolute Gasteiger partial charge is 0.465 e. The Kier molecular flexibility index (Phi) is 5.90. The SMILES string of the molecule is COC(=O)c1ccc(NCC(=O)Nc2cc([N+](=O)[O-])ccc2C)c(C)c1. The van der Waals surface area contributed by atoms with Crippen LogP contribution in [0.3, 0.4) is 0 Å². The van der Waals surface area contributed by atoms with Gasteiger partial charge >= 0.3 is 5.97 Å². The number of nitro groups is 1. The smallest absolute Gasteiger partial charge is 0.337 e. The second kappa shape index (κ2) is 8.11. The third kappa shape index (κ3) is 4.56. The minimum absolute atomic E-state index is 0.0272. The highest BCUT2D eigenvalue weighted by atomic mass is 16.6. The van der Waals surface area contributed by atoms with Crippen molar-refractivity contribution >= 4 is 28.9 Å². The number of carbonyl (C=O) groups excluding carboxylic acids is 2. The number of nitrogens with one attached hydrogen (secondary N) is 2. The summed E-state index contributed by atoms with van der Waals surface area (Å²) >= 11 is 0. The number of rotatable bonds is 6. The minimum Gasteiger partial charge on any atom is -0.465 e. The average molecular weight is 357 g/mol. The number of hydrogen-bond donors (Lipinski definition) is 2. The van der Waals surface area contributed by atoms with Crippen molar-refractivity contribution in [2.75, 3.05) is 24.3 Å². The third-order valence-corrected chi connectivity index (χ3v) is 3.79. The molecular formula is C18H19N3O5. The van der Waals surface area contributed by atoms with E-state index in [9.17, 15) is 19.7 Å². The van der Waals surface area contributed by atoms with Gasteiger partial charge in [-0.05, 0) is 43.2 Å². The molecule has 2 rings (SSSR count). The lowest BCUT2D eigenvalue weighted by molar-refractivity contribution is -0.384. The van der Waals surface area contributed by atoms with Gasteiger partial charge in [-0.25, -0.2) is 4.79 Å². The van der Waals surface area contributed by atoms with Crippen molar-refractivity contribution in [3.8, 4) is 0 Å². The van der Waals surface area contributed by atoms with Crippen molar-refractivity contribution in [2.45, 2.75) is 13.8 Å². The van der Waals surface area contributed by atoms with Crippen LogP contribution in [-0.4, -0.2) is 30.5 Å². The van der Waals surface area contributed by atoms with Crippen LogP contribution >= 0.6 is 0 Å². The molecule has 2 aromatic rings. The van der Waals surface area contributed by atoms with Crippen LogP contribution in [0.2, 0.25) is 0 Å². The number of ether oxygens (including phenoxy) is 1. The summed E-state index contributed by atoms with van der Waals surface area (Å²) in [6.45, 7) is 3.53. The molecule has 2 aromatic carbocycles. The van der Waals surface area contributed by atoms with Gasteiger partial charge in [-0.1, -0.05) is 6.07 Å². The van der Waals surface area contributed by atoms with Crippen molar-refractivity contribution in [3.05, 3.63) is 63.2 Å². The fourth-order valence-electron chi connectivity index (χ4n) is 2.33. The molecule has 0 aliphatic heterocycles. The molecule has 0 spiro atoms. The van der Waals surface area contributed by atoms with Crippen molar-refractivity contribution in [3.63, 3.8) is 0 Å². The van der Waals surface area contributed by atoms with E-state index < -0.39 is 10.9 Å². The lowest BCUT2D eigenvalue weighted by Crippen LogP contribution is -2.22. The highest BCUT2D eigenvalue weighted by molar-refractivity contribution is 5.95. The summed E-state index contributed by atoms with van der Waals surface area (Å²) in [6, 6.07) is 9.24. The van der Waals surface area contributed by atoms with Crippen LogP contribution in [0.1, 0.15) is 21.5 Å². The van der Waals surface area contributed by atoms with Gasteiger partial charge in [0.2, 0.25) is 5.91 Å². The van der Waals surface area contributed by atoms with Gasteiger partial charge in [-0.15, -0.1) is 0 Å². The van der Waals surface area contributed by atoms with Gasteiger partial charge in [0.25, 0.3) is 5.69 Å². The maximum Gasteiger partial charge on any atom is 0.337 e. The van der Waals surface area contributed by atoms with Crippen LogP contribution in [-0.2, 0) is 9.53 Å². The van der Waals surface area contributed by atoms with Gasteiger partial charge in [0, 0.05) is 17.8 Å². The second-order valence-corrected chi connectivity index (χ2v) is 5.68. The standard InChI is InChI=1S/C18H19N3O5/c1-11-4-6-14(21(24)25)9-16(11)20-17(22)10-19-15-7-5-13(8-12(15)2)18(23)26-3/h4-9,19H,10H2,1-3H3,(H,20,22). The van der Waals surface area contributed by atoms with E-state index in [0.29, 0.717) is 16.9 Å². The molecule has 0 aliphatic rings. The van der Waals surface area contributed by atoms with E-state index >= 15 is 0 Å². The first-order valence-corrected chi connectivity index (χ1v) is 7.79. The second-order valence-electron chi connectivity index (χ2n) is 5.68. The molecule has 0 saturated heterocycles. The van der Waals surface area contributed by atoms with E-state index in [-0.39, 0.29) is 18.1 Å². The number of anilines is 2. The van der Waals surface area contributed by atoms with E-state index in [1.54, 1.807) is 38.1 Å². The van der Waals surface area contributed by atoms with Crippen molar-refractivity contribution < 1.29 is 19.2 Å². The molecule has 8 nitrogen and oxygen atoms in total. The lowest BCUT2D eigenvalue weighted by Gasteiger charge is -2.12. The number of benzene rings is 2. The maximum absolute atomic E-state index is 12.1. The zero-order chi connectivity index (χ0) is 19.3. The molecule has 0 fully saturated rings. The van der Waals surface area contributed by atoms with Gasteiger partial charge in [0.1, 0.15) is 0 Å². The minimum atomic E-state index is -0.514. The Morgan fingerprint density at radius 2 is 1.81 bits per heavy atom. The summed E-state index contributed by atoms with van der Waals surface area (Å²) in [6.07, 6.45) is 0. The summed E-state index contributed by atoms with van der Waals surface area (Å²) in [5.74, 6) is -0.774. The van der Waals surface area contributed by atoms with Gasteiger partial charge in [0.05, 0.1) is 29.8 Å². The van der Waals surface area contributed by atoms with Crippen LogP contribution in [0.25, 0.3) is 0 Å². The van der Waals surface area contributed by atoms with E-state index in [1.165, 1.54) is 19.2 Å². The Morgan fingerprint density at radius 1 is 1.08 bits per heavy atom. The van der Waals surface area contributed by atoms with Crippen LogP contribution < -0.4 is 10.6 Å². The fraction of sp³-hybridized carbons (Fsp3) is 0.222. The molecule has 0 bridgehead atoms. The molecule has 0 heterocycles. The van der Waals surface area contributed by atoms with Crippen molar-refractivity contribution in [1.29, 1.82) is 0 Å². The molecule has 2 N–H and O–H groups in total. The first-order valence-electron chi connectivity index (χ1n) is 7.79. The normalized spacial score (nSPS) is 10.1. The highest BCUT2D eigenvalue weighted by Crippen LogP contribution is 2.22. The number of amides is 1. The van der Waals surface area contributed by atoms with Gasteiger partial charge in [-0.3, -0.25) is 14.9 Å². The predicted octanol–water partition coefficient (Wildman–Crippen LogP) is 3.05. The number of non-ortho nitro benzene ring substituents is 1. The summed E-state index contributed by atoms with van der Waals surface area (Å²) in [5, 5.41) is 16.5. The molecule has 26 heavy (non-hydrogen) atoms. The number of aryl methyl sites for hydroxylation is 2. The monoisotopic (exact) mass is 357 g/mol. The number of methoxy groups -OCH3 is 1. The first-order chi connectivity index (χ1) is 12.3. The molecule has 0 atom stereocenters. The summed E-state index contributed by atoms with van der Waals surface area (Å²) in [7, 11) is 1.31. The Morgan fingerprint density at radius 3 is 2.42 bits per heavy atom. The van der Waals surface area contributed by atoms with Crippen molar-refractivity contribution in [1.82, 2.24) is 0 Å². The quantitative estimate of drug-likeness (QED) is 0.467. The van der Waals surface area contributed by atoms with Gasteiger partial charge in [-0.2, -0.15) is 0 Å². The Labute approximate surface area is 150 Å². The molecule has 8 heteroatoms. The molecule has 0 aliphatic carbocycles. The maximum atomic E-state index is 12.1. The number of esters is 1. The number of nitro benzene ring substituents is 1. The molecule has 0 unspecified atom stereocenters. The Bertz CT molecular complexity index is 864. The van der Waals surface area contributed by atoms with Crippen LogP contribution in [0.15, 0.2) is 36.4 Å². The molecule has 0 aromatic heterocycles. The van der Waals surface area contributed by atoms with Gasteiger partial charge in [0.15, 0.2) is 0 Å². The van der Waals surface area contributed by atoms with Crippen LogP contribution in [0, 0.1) is 24.0 Å². The molecular weight excluding hydrogens is 338 g/mol. The lowest BCUT2D eigenvalue weighted by atomic mass is 10.1. The number of nitrogens with zero attached hydrogens (tertiary/aromatic N) is 1. The molecule has 1 amide bonds.